The summed E-state index contributed by atoms with van der Waals surface area (Å²) in [6.07, 6.45) is 1.71. The normalized spacial score (nSPS) is 18.4. The Balaban J connectivity index is 0.958. The highest BCUT2D eigenvalue weighted by molar-refractivity contribution is 6.02. The van der Waals surface area contributed by atoms with Crippen LogP contribution >= 0.6 is 0 Å². The lowest BCUT2D eigenvalue weighted by molar-refractivity contribution is -0.274. The van der Waals surface area contributed by atoms with Crippen LogP contribution in [0.5, 0.6) is 5.75 Å². The minimum atomic E-state index is -5.08. The first-order chi connectivity index (χ1) is 27.2. The number of halogens is 4. The molecule has 2 N–H and O–H groups in total. The highest BCUT2D eigenvalue weighted by atomic mass is 19.4. The van der Waals surface area contributed by atoms with Crippen LogP contribution in [-0.2, 0) is 16.6 Å². The standard InChI is InChI=1S/C40H41F4N7O6/c1-48-22-31(28-9-14-45-21-30(28)37(48)54)24-3-5-29(34(19-24)57-40(42,43)44)38(55)50-17-12-26(13-18-50)49(2)39(56)51-15-10-23(11-16-51)27-6-4-25(20-32(27)41)46-33-7-8-35(52)47-36(33)53/h3-6,9,14,19-23,26,33,46H,7-8,10-13,15-18H2,1-2H3,(H,47,52,53). The molecule has 3 fully saturated rings. The maximum atomic E-state index is 15.3. The van der Waals surface area contributed by atoms with Crippen molar-refractivity contribution in [3.8, 4) is 16.9 Å². The van der Waals surface area contributed by atoms with Gasteiger partial charge in [0.05, 0.1) is 10.9 Å². The fourth-order valence-corrected chi connectivity index (χ4v) is 7.99. The quantitative estimate of drug-likeness (QED) is 0.187. The molecular formula is C40H41F4N7O6. The van der Waals surface area contributed by atoms with Crippen LogP contribution in [-0.4, -0.2) is 99.7 Å². The van der Waals surface area contributed by atoms with Crippen LogP contribution in [0.1, 0.15) is 60.4 Å². The van der Waals surface area contributed by atoms with Crippen LogP contribution < -0.4 is 20.9 Å². The average Bonchev–Trinajstić information content (AvgIpc) is 3.19. The molecular weight excluding hydrogens is 750 g/mol. The van der Waals surface area contributed by atoms with Crippen LogP contribution in [0.4, 0.5) is 28.0 Å². The number of imide groups is 1. The van der Waals surface area contributed by atoms with E-state index in [-0.39, 0.29) is 59.9 Å². The highest BCUT2D eigenvalue weighted by Crippen LogP contribution is 2.36. The summed E-state index contributed by atoms with van der Waals surface area (Å²) in [5.74, 6) is -2.62. The number of carbonyl (C=O) groups excluding carboxylic acids is 4. The monoisotopic (exact) mass is 791 g/mol. The Morgan fingerprint density at radius 2 is 1.65 bits per heavy atom. The molecule has 3 saturated heterocycles. The number of fused-ring (bicyclic) bond motifs is 1. The molecule has 4 aromatic rings. The van der Waals surface area contributed by atoms with Crippen molar-refractivity contribution in [3.63, 3.8) is 0 Å². The Morgan fingerprint density at radius 3 is 2.33 bits per heavy atom. The summed E-state index contributed by atoms with van der Waals surface area (Å²) in [6, 6.07) is 9.25. The van der Waals surface area contributed by atoms with Gasteiger partial charge in [-0.15, -0.1) is 13.2 Å². The molecule has 5 amide bonds. The van der Waals surface area contributed by atoms with Crippen LogP contribution in [0.2, 0.25) is 0 Å². The van der Waals surface area contributed by atoms with Gasteiger partial charge in [-0.1, -0.05) is 12.1 Å². The number of benzene rings is 2. The van der Waals surface area contributed by atoms with E-state index in [2.05, 4.69) is 20.4 Å². The number of rotatable bonds is 7. The van der Waals surface area contributed by atoms with Crippen molar-refractivity contribution in [2.75, 3.05) is 38.5 Å². The number of amides is 5. The van der Waals surface area contributed by atoms with Gasteiger partial charge in [0.15, 0.2) is 0 Å². The Labute approximate surface area is 324 Å². The average molecular weight is 792 g/mol. The van der Waals surface area contributed by atoms with E-state index in [9.17, 15) is 37.1 Å². The summed E-state index contributed by atoms with van der Waals surface area (Å²) >= 11 is 0. The number of nitrogens with one attached hydrogen (secondary N) is 2. The lowest BCUT2D eigenvalue weighted by Gasteiger charge is -2.40. The lowest BCUT2D eigenvalue weighted by atomic mass is 9.89. The number of hydrogen-bond donors (Lipinski definition) is 2. The molecule has 0 spiro atoms. The topological polar surface area (TPSA) is 146 Å². The number of hydrogen-bond acceptors (Lipinski definition) is 8. The number of anilines is 1. The summed E-state index contributed by atoms with van der Waals surface area (Å²) in [6.45, 7) is 1.21. The predicted octanol–water partition coefficient (Wildman–Crippen LogP) is 5.39. The molecule has 13 nitrogen and oxygen atoms in total. The van der Waals surface area contributed by atoms with Gasteiger partial charge >= 0.3 is 12.4 Å². The molecule has 2 aromatic heterocycles. The van der Waals surface area contributed by atoms with E-state index in [0.717, 1.165) is 6.07 Å². The number of carbonyl (C=O) groups is 4. The summed E-state index contributed by atoms with van der Waals surface area (Å²) in [5.41, 5.74) is 1.14. The Bertz CT molecular complexity index is 2280. The van der Waals surface area contributed by atoms with Gasteiger partial charge < -0.3 is 29.3 Å². The molecule has 3 aliphatic rings. The largest absolute Gasteiger partial charge is 0.573 e. The van der Waals surface area contributed by atoms with Crippen molar-refractivity contribution in [2.24, 2.45) is 7.05 Å². The number of aromatic nitrogens is 2. The Hall–Kier alpha value is -6.00. The van der Waals surface area contributed by atoms with Crippen LogP contribution in [0.3, 0.4) is 0 Å². The molecule has 7 rings (SSSR count). The van der Waals surface area contributed by atoms with E-state index in [4.69, 9.17) is 0 Å². The maximum absolute atomic E-state index is 15.3. The van der Waals surface area contributed by atoms with Crippen LogP contribution in [0.15, 0.2) is 65.8 Å². The number of aryl methyl sites for hydroxylation is 1. The van der Waals surface area contributed by atoms with E-state index < -0.39 is 35.8 Å². The second-order valence-corrected chi connectivity index (χ2v) is 14.7. The third-order valence-corrected chi connectivity index (χ3v) is 11.1. The molecule has 57 heavy (non-hydrogen) atoms. The van der Waals surface area contributed by atoms with Gasteiger partial charge in [-0.3, -0.25) is 29.5 Å². The molecule has 0 saturated carbocycles. The number of piperidine rings is 3. The summed E-state index contributed by atoms with van der Waals surface area (Å²) < 4.78 is 61.9. The van der Waals surface area contributed by atoms with Crippen molar-refractivity contribution >= 4 is 40.2 Å². The first-order valence-corrected chi connectivity index (χ1v) is 18.7. The molecule has 3 aliphatic heterocycles. The van der Waals surface area contributed by atoms with Gasteiger partial charge in [-0.05, 0) is 84.9 Å². The molecule has 300 valence electrons. The van der Waals surface area contributed by atoms with Crippen molar-refractivity contribution in [1.29, 1.82) is 0 Å². The third-order valence-electron chi connectivity index (χ3n) is 11.1. The first kappa shape index (κ1) is 39.2. The zero-order valence-electron chi connectivity index (χ0n) is 31.3. The molecule has 5 heterocycles. The van der Waals surface area contributed by atoms with Gasteiger partial charge in [0.25, 0.3) is 11.5 Å². The molecule has 2 aromatic carbocycles. The number of likely N-dealkylation sites (tertiary alicyclic amines) is 2. The van der Waals surface area contributed by atoms with Gasteiger partial charge in [0.1, 0.15) is 17.6 Å². The minimum Gasteiger partial charge on any atom is -0.405 e. The second kappa shape index (κ2) is 15.9. The number of urea groups is 1. The predicted molar refractivity (Wildman–Crippen MR) is 201 cm³/mol. The fraction of sp³-hybridized carbons (Fsp3) is 0.400. The van der Waals surface area contributed by atoms with Gasteiger partial charge in [-0.25, -0.2) is 9.18 Å². The maximum Gasteiger partial charge on any atom is 0.573 e. The molecule has 1 unspecified atom stereocenters. The summed E-state index contributed by atoms with van der Waals surface area (Å²) in [7, 11) is 3.22. The van der Waals surface area contributed by atoms with Crippen molar-refractivity contribution < 1.29 is 41.5 Å². The summed E-state index contributed by atoms with van der Waals surface area (Å²) in [5, 5.41) is 6.03. The van der Waals surface area contributed by atoms with Crippen molar-refractivity contribution in [1.82, 2.24) is 29.6 Å². The van der Waals surface area contributed by atoms with E-state index in [1.165, 1.54) is 53.3 Å². The third kappa shape index (κ3) is 8.42. The fourth-order valence-electron chi connectivity index (χ4n) is 7.99. The SMILES string of the molecule is CN(C(=O)N1CCC(c2ccc(NC3CCC(=O)NC3=O)cc2F)CC1)C1CCN(C(=O)c2ccc(-c3cn(C)c(=O)c4cnccc34)cc2OC(F)(F)F)CC1. The van der Waals surface area contributed by atoms with E-state index in [0.29, 0.717) is 73.0 Å². The Morgan fingerprint density at radius 1 is 0.930 bits per heavy atom. The van der Waals surface area contributed by atoms with Gasteiger partial charge in [0.2, 0.25) is 11.8 Å². The van der Waals surface area contributed by atoms with E-state index in [1.807, 2.05) is 0 Å². The number of alkyl halides is 3. The molecule has 17 heteroatoms. The molecule has 0 radical (unpaired) electrons. The Kier molecular flexibility index (Phi) is 10.9. The summed E-state index contributed by atoms with van der Waals surface area (Å²) in [4.78, 5) is 72.3. The zero-order chi connectivity index (χ0) is 40.6. The van der Waals surface area contributed by atoms with Crippen LogP contribution in [0, 0.1) is 5.82 Å². The van der Waals surface area contributed by atoms with Crippen LogP contribution in [0.25, 0.3) is 21.9 Å². The van der Waals surface area contributed by atoms with Gasteiger partial charge in [-0.2, -0.15) is 0 Å². The number of ether oxygens (including phenoxy) is 1. The number of pyridine rings is 2. The van der Waals surface area contributed by atoms with Gasteiger partial charge in [0, 0.05) is 82.6 Å². The zero-order valence-corrected chi connectivity index (χ0v) is 31.3. The second-order valence-electron chi connectivity index (χ2n) is 14.7. The first-order valence-electron chi connectivity index (χ1n) is 18.7. The molecule has 0 bridgehead atoms. The van der Waals surface area contributed by atoms with E-state index >= 15 is 4.39 Å². The van der Waals surface area contributed by atoms with E-state index in [1.54, 1.807) is 35.0 Å². The van der Waals surface area contributed by atoms with Crippen molar-refractivity contribution in [2.45, 2.75) is 62.9 Å². The lowest BCUT2D eigenvalue weighted by Crippen LogP contribution is -2.52. The minimum absolute atomic E-state index is 0.114. The number of nitrogens with zero attached hydrogens (tertiary/aromatic N) is 5. The smallest absolute Gasteiger partial charge is 0.405 e. The molecule has 1 atom stereocenters. The highest BCUT2D eigenvalue weighted by Gasteiger charge is 2.36. The van der Waals surface area contributed by atoms with Crippen molar-refractivity contribution in [3.05, 3.63) is 88.4 Å². The molecule has 0 aliphatic carbocycles.